The van der Waals surface area contributed by atoms with E-state index in [1.165, 1.54) is 32.1 Å². The normalized spacial score (nSPS) is 20.2. The molecule has 2 aliphatic rings. The van der Waals surface area contributed by atoms with Crippen molar-refractivity contribution in [3.63, 3.8) is 0 Å². The molecule has 1 amide bonds. The van der Waals surface area contributed by atoms with Gasteiger partial charge in [0.1, 0.15) is 12.1 Å². The Bertz CT molecular complexity index is 844. The zero-order valence-electron chi connectivity index (χ0n) is 19.0. The number of piperidine rings is 1. The van der Waals surface area contributed by atoms with Crippen LogP contribution in [0.15, 0.2) is 24.8 Å². The van der Waals surface area contributed by atoms with Crippen molar-refractivity contribution in [2.75, 3.05) is 18.0 Å². The lowest BCUT2D eigenvalue weighted by molar-refractivity contribution is -0.121. The molecule has 4 rings (SSSR count). The number of carbonyl (C=O) groups excluding carboxylic acids is 1. The predicted octanol–water partition coefficient (Wildman–Crippen LogP) is 4.23. The van der Waals surface area contributed by atoms with Crippen molar-refractivity contribution >= 4 is 11.7 Å². The lowest BCUT2D eigenvalue weighted by atomic mass is 9.89. The van der Waals surface area contributed by atoms with E-state index in [9.17, 15) is 4.79 Å². The maximum absolute atomic E-state index is 12.8. The standard InChI is InChI=1S/C24H36N6O/c1-18(2)21-15-22(28-24(27-21)29-13-11-25-17-29)30-12-7-6-10-20(30)14-23(31)26-16-19-8-4-3-5-9-19/h11,13,15,17-20H,3-10,12,14,16H2,1-2H3,(H,26,31). The molecule has 7 nitrogen and oxygen atoms in total. The number of imidazole rings is 1. The van der Waals surface area contributed by atoms with Crippen molar-refractivity contribution < 1.29 is 4.79 Å². The molecule has 1 saturated carbocycles. The van der Waals surface area contributed by atoms with Gasteiger partial charge in [-0.05, 0) is 43.9 Å². The average molecular weight is 425 g/mol. The number of anilines is 1. The summed E-state index contributed by atoms with van der Waals surface area (Å²) in [5, 5.41) is 3.22. The number of amides is 1. The van der Waals surface area contributed by atoms with Gasteiger partial charge in [-0.2, -0.15) is 4.98 Å². The maximum atomic E-state index is 12.8. The molecule has 1 atom stereocenters. The molecule has 0 spiro atoms. The molecule has 0 aromatic carbocycles. The van der Waals surface area contributed by atoms with Gasteiger partial charge in [0, 0.05) is 44.0 Å². The summed E-state index contributed by atoms with van der Waals surface area (Å²) in [5.74, 6) is 2.70. The smallest absolute Gasteiger partial charge is 0.237 e. The number of carbonyl (C=O) groups is 1. The third-order valence-corrected chi connectivity index (χ3v) is 6.70. The van der Waals surface area contributed by atoms with Crippen LogP contribution in [-0.4, -0.2) is 44.6 Å². The van der Waals surface area contributed by atoms with Gasteiger partial charge in [0.25, 0.3) is 0 Å². The molecule has 2 fully saturated rings. The lowest BCUT2D eigenvalue weighted by Gasteiger charge is -2.37. The van der Waals surface area contributed by atoms with Gasteiger partial charge >= 0.3 is 0 Å². The Balaban J connectivity index is 1.48. The van der Waals surface area contributed by atoms with E-state index in [2.05, 4.69) is 35.1 Å². The third-order valence-electron chi connectivity index (χ3n) is 6.70. The van der Waals surface area contributed by atoms with Crippen molar-refractivity contribution in [1.29, 1.82) is 0 Å². The molecule has 1 N–H and O–H groups in total. The minimum Gasteiger partial charge on any atom is -0.356 e. The highest BCUT2D eigenvalue weighted by atomic mass is 16.1. The summed E-state index contributed by atoms with van der Waals surface area (Å²) in [6, 6.07) is 2.29. The summed E-state index contributed by atoms with van der Waals surface area (Å²) >= 11 is 0. The second-order valence-corrected chi connectivity index (χ2v) is 9.43. The fourth-order valence-corrected chi connectivity index (χ4v) is 4.83. The number of nitrogens with zero attached hydrogens (tertiary/aromatic N) is 5. The Morgan fingerprint density at radius 2 is 1.94 bits per heavy atom. The van der Waals surface area contributed by atoms with Crippen LogP contribution in [0.3, 0.4) is 0 Å². The van der Waals surface area contributed by atoms with Gasteiger partial charge in [-0.3, -0.25) is 9.36 Å². The molecule has 1 aliphatic carbocycles. The van der Waals surface area contributed by atoms with Crippen LogP contribution in [0.1, 0.15) is 83.2 Å². The summed E-state index contributed by atoms with van der Waals surface area (Å²) in [6.07, 6.45) is 15.7. The van der Waals surface area contributed by atoms with Crippen LogP contribution in [0.2, 0.25) is 0 Å². The average Bonchev–Trinajstić information content (AvgIpc) is 3.33. The van der Waals surface area contributed by atoms with Gasteiger partial charge in [0.2, 0.25) is 11.9 Å². The van der Waals surface area contributed by atoms with Crippen molar-refractivity contribution in [3.8, 4) is 5.95 Å². The minimum absolute atomic E-state index is 0.176. The predicted molar refractivity (Wildman–Crippen MR) is 122 cm³/mol. The molecule has 3 heterocycles. The second kappa shape index (κ2) is 10.2. The fourth-order valence-electron chi connectivity index (χ4n) is 4.83. The highest BCUT2D eigenvalue weighted by Crippen LogP contribution is 2.28. The molecule has 1 aliphatic heterocycles. The van der Waals surface area contributed by atoms with Gasteiger partial charge < -0.3 is 10.2 Å². The van der Waals surface area contributed by atoms with Crippen molar-refractivity contribution in [2.45, 2.75) is 83.6 Å². The first-order valence-electron chi connectivity index (χ1n) is 12.0. The van der Waals surface area contributed by atoms with E-state index in [1.807, 2.05) is 10.8 Å². The molecule has 1 unspecified atom stereocenters. The fraction of sp³-hybridized carbons (Fsp3) is 0.667. The molecule has 0 radical (unpaired) electrons. The summed E-state index contributed by atoms with van der Waals surface area (Å²) in [7, 11) is 0. The summed E-state index contributed by atoms with van der Waals surface area (Å²) in [6.45, 7) is 6.06. The molecule has 7 heteroatoms. The van der Waals surface area contributed by atoms with Crippen molar-refractivity contribution in [3.05, 3.63) is 30.5 Å². The van der Waals surface area contributed by atoms with E-state index < -0.39 is 0 Å². The highest BCUT2D eigenvalue weighted by Gasteiger charge is 2.27. The number of nitrogens with one attached hydrogen (secondary N) is 1. The van der Waals surface area contributed by atoms with Gasteiger partial charge in [-0.15, -0.1) is 0 Å². The van der Waals surface area contributed by atoms with Crippen LogP contribution in [-0.2, 0) is 4.79 Å². The Morgan fingerprint density at radius 1 is 1.13 bits per heavy atom. The summed E-state index contributed by atoms with van der Waals surface area (Å²) < 4.78 is 1.85. The summed E-state index contributed by atoms with van der Waals surface area (Å²) in [5.41, 5.74) is 1.01. The molecular formula is C24H36N6O. The Kier molecular flexibility index (Phi) is 7.20. The Hall–Kier alpha value is -2.44. The van der Waals surface area contributed by atoms with Crippen LogP contribution in [0.5, 0.6) is 0 Å². The van der Waals surface area contributed by atoms with Gasteiger partial charge in [-0.1, -0.05) is 33.1 Å². The second-order valence-electron chi connectivity index (χ2n) is 9.43. The zero-order chi connectivity index (χ0) is 21.6. The first kappa shape index (κ1) is 21.8. The van der Waals surface area contributed by atoms with Gasteiger partial charge in [0.05, 0.1) is 5.69 Å². The summed E-state index contributed by atoms with van der Waals surface area (Å²) in [4.78, 5) is 28.9. The van der Waals surface area contributed by atoms with Crippen molar-refractivity contribution in [1.82, 2.24) is 24.8 Å². The van der Waals surface area contributed by atoms with Crippen LogP contribution in [0.25, 0.3) is 5.95 Å². The Morgan fingerprint density at radius 3 is 2.68 bits per heavy atom. The monoisotopic (exact) mass is 424 g/mol. The van der Waals surface area contributed by atoms with Crippen LogP contribution >= 0.6 is 0 Å². The first-order chi connectivity index (χ1) is 15.1. The topological polar surface area (TPSA) is 75.9 Å². The lowest BCUT2D eigenvalue weighted by Crippen LogP contribution is -2.44. The number of hydrogen-bond acceptors (Lipinski definition) is 5. The van der Waals surface area contributed by atoms with E-state index >= 15 is 0 Å². The highest BCUT2D eigenvalue weighted by molar-refractivity contribution is 5.77. The minimum atomic E-state index is 0.176. The molecule has 1 saturated heterocycles. The molecule has 168 valence electrons. The van der Waals surface area contributed by atoms with Crippen LogP contribution in [0, 0.1) is 5.92 Å². The Labute approximate surface area is 185 Å². The molecule has 2 aromatic heterocycles. The SMILES string of the molecule is CC(C)c1cc(N2CCCCC2CC(=O)NCC2CCCCC2)nc(-n2ccnc2)n1. The zero-order valence-corrected chi connectivity index (χ0v) is 19.0. The molecule has 0 bridgehead atoms. The number of hydrogen-bond donors (Lipinski definition) is 1. The number of rotatable bonds is 7. The van der Waals surface area contributed by atoms with E-state index in [-0.39, 0.29) is 11.9 Å². The third kappa shape index (κ3) is 5.63. The van der Waals surface area contributed by atoms with Gasteiger partial charge in [0.15, 0.2) is 0 Å². The quantitative estimate of drug-likeness (QED) is 0.720. The van der Waals surface area contributed by atoms with E-state index in [4.69, 9.17) is 9.97 Å². The van der Waals surface area contributed by atoms with Gasteiger partial charge in [-0.25, -0.2) is 9.97 Å². The number of aromatic nitrogens is 4. The van der Waals surface area contributed by atoms with Crippen LogP contribution in [0.4, 0.5) is 5.82 Å². The van der Waals surface area contributed by atoms with E-state index in [0.29, 0.717) is 24.2 Å². The maximum Gasteiger partial charge on any atom is 0.237 e. The van der Waals surface area contributed by atoms with Crippen LogP contribution < -0.4 is 10.2 Å². The molecule has 31 heavy (non-hydrogen) atoms. The van der Waals surface area contributed by atoms with E-state index in [0.717, 1.165) is 43.9 Å². The molecule has 2 aromatic rings. The van der Waals surface area contributed by atoms with E-state index in [1.54, 1.807) is 12.5 Å². The van der Waals surface area contributed by atoms with Crippen molar-refractivity contribution in [2.24, 2.45) is 5.92 Å². The first-order valence-corrected chi connectivity index (χ1v) is 12.0. The largest absolute Gasteiger partial charge is 0.356 e. The molecular weight excluding hydrogens is 388 g/mol.